The smallest absolute Gasteiger partial charge is 0.335 e. The van der Waals surface area contributed by atoms with Gasteiger partial charge in [0.2, 0.25) is 0 Å². The molecule has 6 nitrogen and oxygen atoms in total. The molecule has 35 heavy (non-hydrogen) atoms. The Labute approximate surface area is 212 Å². The van der Waals surface area contributed by atoms with Crippen molar-refractivity contribution in [3.63, 3.8) is 0 Å². The highest BCUT2D eigenvalue weighted by atomic mass is 35.5. The van der Waals surface area contributed by atoms with Gasteiger partial charge in [-0.3, -0.25) is 9.69 Å². The van der Waals surface area contributed by atoms with Crippen molar-refractivity contribution in [2.24, 2.45) is 0 Å². The maximum atomic E-state index is 13.8. The van der Waals surface area contributed by atoms with E-state index in [9.17, 15) is 18.0 Å². The van der Waals surface area contributed by atoms with Crippen LogP contribution in [0.2, 0.25) is 10.0 Å². The number of hydrogen-bond acceptors (Lipinski definition) is 5. The highest BCUT2D eigenvalue weighted by Crippen LogP contribution is 2.35. The molecule has 0 saturated carbocycles. The van der Waals surface area contributed by atoms with Crippen LogP contribution in [-0.2, 0) is 12.7 Å². The van der Waals surface area contributed by atoms with Gasteiger partial charge in [-0.1, -0.05) is 47.5 Å². The number of fused-ring (bicyclic) bond motifs is 1. The Kier molecular flexibility index (Phi) is 6.47. The van der Waals surface area contributed by atoms with E-state index in [0.29, 0.717) is 47.1 Å². The second-order valence-electron chi connectivity index (χ2n) is 8.06. The van der Waals surface area contributed by atoms with Gasteiger partial charge in [0, 0.05) is 37.7 Å². The van der Waals surface area contributed by atoms with Crippen LogP contribution in [0.15, 0.2) is 47.8 Å². The Hall–Kier alpha value is -2.66. The molecular weight excluding hydrogens is 522 g/mol. The molecule has 1 fully saturated rings. The standard InChI is InChI=1S/C23H18Cl2F3N5OS/c24-15-5-2-1-4-14(15)13-31-7-9-32(10-8-31)22(34)20-19(25)21-29-16(17-6-3-11-35-17)12-18(23(26,27)28)33(21)30-20/h1-6,11-12H,7-10,13H2. The fraction of sp³-hybridized carbons (Fsp3) is 0.261. The van der Waals surface area contributed by atoms with Gasteiger partial charge in [-0.2, -0.15) is 18.3 Å². The third-order valence-corrected chi connectivity index (χ3v) is 7.42. The summed E-state index contributed by atoms with van der Waals surface area (Å²) in [5.74, 6) is -0.524. The molecule has 5 rings (SSSR count). The highest BCUT2D eigenvalue weighted by Gasteiger charge is 2.37. The minimum atomic E-state index is -4.72. The molecular formula is C23H18Cl2F3N5OS. The highest BCUT2D eigenvalue weighted by molar-refractivity contribution is 7.13. The summed E-state index contributed by atoms with van der Waals surface area (Å²) in [5.41, 5.74) is -0.381. The maximum Gasteiger partial charge on any atom is 0.433 e. The summed E-state index contributed by atoms with van der Waals surface area (Å²) in [6.07, 6.45) is -4.72. The van der Waals surface area contributed by atoms with Crippen LogP contribution in [-0.4, -0.2) is 56.5 Å². The fourth-order valence-corrected chi connectivity index (χ4v) is 5.13. The van der Waals surface area contributed by atoms with Crippen molar-refractivity contribution >= 4 is 46.1 Å². The van der Waals surface area contributed by atoms with Crippen LogP contribution in [0.25, 0.3) is 16.2 Å². The number of hydrogen-bond donors (Lipinski definition) is 0. The molecule has 1 saturated heterocycles. The number of carbonyl (C=O) groups excluding carboxylic acids is 1. The quantitative estimate of drug-likeness (QED) is 0.331. The van der Waals surface area contributed by atoms with Gasteiger partial charge < -0.3 is 4.90 Å². The van der Waals surface area contributed by atoms with Crippen molar-refractivity contribution in [3.05, 3.63) is 74.8 Å². The fourth-order valence-electron chi connectivity index (χ4n) is 4.01. The van der Waals surface area contributed by atoms with E-state index in [2.05, 4.69) is 15.0 Å². The van der Waals surface area contributed by atoms with Crippen molar-refractivity contribution < 1.29 is 18.0 Å². The van der Waals surface area contributed by atoms with E-state index in [4.69, 9.17) is 23.2 Å². The van der Waals surface area contributed by atoms with E-state index >= 15 is 0 Å². The lowest BCUT2D eigenvalue weighted by atomic mass is 10.2. The lowest BCUT2D eigenvalue weighted by Crippen LogP contribution is -2.48. The van der Waals surface area contributed by atoms with Crippen LogP contribution >= 0.6 is 34.5 Å². The number of aromatic nitrogens is 3. The number of thiophene rings is 1. The first-order valence-corrected chi connectivity index (χ1v) is 12.3. The molecule has 3 aromatic heterocycles. The molecule has 4 heterocycles. The van der Waals surface area contributed by atoms with Gasteiger partial charge in [0.05, 0.1) is 10.6 Å². The molecule has 0 radical (unpaired) electrons. The summed E-state index contributed by atoms with van der Waals surface area (Å²) in [4.78, 5) is 21.8. The summed E-state index contributed by atoms with van der Waals surface area (Å²) >= 11 is 13.9. The molecule has 0 N–H and O–H groups in total. The summed E-state index contributed by atoms with van der Waals surface area (Å²) in [6, 6.07) is 11.9. The summed E-state index contributed by atoms with van der Waals surface area (Å²) in [7, 11) is 0. The zero-order valence-electron chi connectivity index (χ0n) is 18.1. The average Bonchev–Trinajstić information content (AvgIpc) is 3.48. The van der Waals surface area contributed by atoms with Gasteiger partial charge in [-0.05, 0) is 29.1 Å². The minimum absolute atomic E-state index is 0.119. The van der Waals surface area contributed by atoms with Crippen molar-refractivity contribution in [3.8, 4) is 10.6 Å². The first-order chi connectivity index (χ1) is 16.7. The SMILES string of the molecule is O=C(c1nn2c(C(F)(F)F)cc(-c3cccs3)nc2c1Cl)N1CCN(Cc2ccccc2Cl)CC1. The van der Waals surface area contributed by atoms with Crippen LogP contribution in [0.4, 0.5) is 13.2 Å². The van der Waals surface area contributed by atoms with Crippen molar-refractivity contribution in [2.75, 3.05) is 26.2 Å². The zero-order valence-corrected chi connectivity index (χ0v) is 20.4. The largest absolute Gasteiger partial charge is 0.433 e. The Balaban J connectivity index is 1.40. The molecule has 1 aliphatic heterocycles. The van der Waals surface area contributed by atoms with E-state index in [0.717, 1.165) is 11.6 Å². The van der Waals surface area contributed by atoms with Gasteiger partial charge >= 0.3 is 6.18 Å². The van der Waals surface area contributed by atoms with E-state index < -0.39 is 17.8 Å². The van der Waals surface area contributed by atoms with E-state index in [1.54, 1.807) is 22.4 Å². The molecule has 0 atom stereocenters. The van der Waals surface area contributed by atoms with Crippen LogP contribution in [0, 0.1) is 0 Å². The Morgan fingerprint density at radius 2 is 1.80 bits per heavy atom. The molecule has 12 heteroatoms. The third kappa shape index (κ3) is 4.75. The Bertz CT molecular complexity index is 1380. The number of piperazine rings is 1. The number of amides is 1. The molecule has 0 spiro atoms. The Morgan fingerprint density at radius 1 is 1.06 bits per heavy atom. The molecule has 182 valence electrons. The number of rotatable bonds is 4. The monoisotopic (exact) mass is 539 g/mol. The van der Waals surface area contributed by atoms with Crippen molar-refractivity contribution in [1.29, 1.82) is 0 Å². The molecule has 1 amide bonds. The number of carbonyl (C=O) groups is 1. The topological polar surface area (TPSA) is 53.7 Å². The lowest BCUT2D eigenvalue weighted by Gasteiger charge is -2.34. The predicted octanol–water partition coefficient (Wildman–Crippen LogP) is 5.74. The summed E-state index contributed by atoms with van der Waals surface area (Å²) in [6.45, 7) is 2.56. The second-order valence-corrected chi connectivity index (χ2v) is 9.79. The first-order valence-electron chi connectivity index (χ1n) is 10.7. The Morgan fingerprint density at radius 3 is 2.46 bits per heavy atom. The minimum Gasteiger partial charge on any atom is -0.335 e. The van der Waals surface area contributed by atoms with Gasteiger partial charge in [-0.25, -0.2) is 9.50 Å². The summed E-state index contributed by atoms with van der Waals surface area (Å²) in [5, 5.41) is 6.18. The second kappa shape index (κ2) is 9.42. The lowest BCUT2D eigenvalue weighted by molar-refractivity contribution is -0.142. The molecule has 4 aromatic rings. The normalized spacial score (nSPS) is 15.2. The van der Waals surface area contributed by atoms with Crippen LogP contribution < -0.4 is 0 Å². The van der Waals surface area contributed by atoms with Gasteiger partial charge in [0.1, 0.15) is 5.02 Å². The van der Waals surface area contributed by atoms with Gasteiger partial charge in [0.25, 0.3) is 5.91 Å². The molecule has 1 aromatic carbocycles. The first kappa shape index (κ1) is 24.1. The molecule has 1 aliphatic rings. The van der Waals surface area contributed by atoms with E-state index in [1.165, 1.54) is 11.3 Å². The van der Waals surface area contributed by atoms with Crippen molar-refractivity contribution in [1.82, 2.24) is 24.4 Å². The number of nitrogens with zero attached hydrogens (tertiary/aromatic N) is 5. The maximum absolute atomic E-state index is 13.8. The average molecular weight is 540 g/mol. The summed E-state index contributed by atoms with van der Waals surface area (Å²) < 4.78 is 42.2. The van der Waals surface area contributed by atoms with Crippen molar-refractivity contribution in [2.45, 2.75) is 12.7 Å². The van der Waals surface area contributed by atoms with Gasteiger partial charge in [-0.15, -0.1) is 11.3 Å². The predicted molar refractivity (Wildman–Crippen MR) is 129 cm³/mol. The molecule has 0 aliphatic carbocycles. The molecule has 0 bridgehead atoms. The number of alkyl halides is 3. The number of benzene rings is 1. The van der Waals surface area contributed by atoms with Crippen LogP contribution in [0.5, 0.6) is 0 Å². The van der Waals surface area contributed by atoms with Gasteiger partial charge in [0.15, 0.2) is 17.0 Å². The molecule has 0 unspecified atom stereocenters. The van der Waals surface area contributed by atoms with E-state index in [-0.39, 0.29) is 22.1 Å². The third-order valence-electron chi connectivity index (χ3n) is 5.81. The van der Waals surface area contributed by atoms with E-state index in [1.807, 2.05) is 24.3 Å². The zero-order chi connectivity index (χ0) is 24.7. The van der Waals surface area contributed by atoms with Crippen LogP contribution in [0.1, 0.15) is 21.7 Å². The van der Waals surface area contributed by atoms with Crippen LogP contribution in [0.3, 0.4) is 0 Å². The number of halogens is 5.